The highest BCUT2D eigenvalue weighted by Crippen LogP contribution is 2.36. The molecule has 1 aliphatic rings. The molecule has 0 aromatic heterocycles. The lowest BCUT2D eigenvalue weighted by Crippen LogP contribution is -2.36. The van der Waals surface area contributed by atoms with Crippen LogP contribution < -0.4 is 15.0 Å². The third-order valence-corrected chi connectivity index (χ3v) is 5.57. The van der Waals surface area contributed by atoms with Gasteiger partial charge < -0.3 is 14.8 Å². The first-order valence-electron chi connectivity index (χ1n) is 11.3. The number of para-hydroxylation sites is 2. The molecule has 34 heavy (non-hydrogen) atoms. The van der Waals surface area contributed by atoms with Crippen molar-refractivity contribution >= 4 is 23.6 Å². The third kappa shape index (κ3) is 5.53. The van der Waals surface area contributed by atoms with Gasteiger partial charge in [-0.3, -0.25) is 14.5 Å². The van der Waals surface area contributed by atoms with Crippen molar-refractivity contribution in [2.24, 2.45) is 0 Å². The van der Waals surface area contributed by atoms with Gasteiger partial charge in [0.25, 0.3) is 11.8 Å². The fourth-order valence-corrected chi connectivity index (χ4v) is 3.70. The smallest absolute Gasteiger partial charge is 0.294 e. The molecule has 0 aliphatic carbocycles. The number of fused-ring (bicyclic) bond motifs is 1. The van der Waals surface area contributed by atoms with E-state index in [2.05, 4.69) is 5.32 Å². The number of rotatable bonds is 8. The highest BCUT2D eigenvalue weighted by Gasteiger charge is 2.30. The number of ether oxygens (including phenoxy) is 2. The second-order valence-corrected chi connectivity index (χ2v) is 8.18. The number of amides is 2. The van der Waals surface area contributed by atoms with E-state index in [0.717, 1.165) is 23.2 Å². The van der Waals surface area contributed by atoms with Crippen molar-refractivity contribution in [2.75, 3.05) is 25.2 Å². The second-order valence-electron chi connectivity index (χ2n) is 8.18. The molecule has 2 amide bonds. The van der Waals surface area contributed by atoms with Gasteiger partial charge in [0.1, 0.15) is 0 Å². The third-order valence-electron chi connectivity index (χ3n) is 5.57. The number of nitrogens with zero attached hydrogens (tertiary/aromatic N) is 1. The van der Waals surface area contributed by atoms with E-state index >= 15 is 0 Å². The van der Waals surface area contributed by atoms with Crippen molar-refractivity contribution in [1.29, 1.82) is 0 Å². The predicted molar refractivity (Wildman–Crippen MR) is 133 cm³/mol. The molecular formula is C28H28N2O4. The zero-order valence-corrected chi connectivity index (χ0v) is 19.4. The van der Waals surface area contributed by atoms with Crippen molar-refractivity contribution in [2.45, 2.75) is 19.9 Å². The summed E-state index contributed by atoms with van der Waals surface area (Å²) in [7, 11) is 1.64. The molecule has 4 rings (SSSR count). The fourth-order valence-electron chi connectivity index (χ4n) is 3.70. The highest BCUT2D eigenvalue weighted by molar-refractivity contribution is 6.09. The first-order chi connectivity index (χ1) is 16.5. The van der Waals surface area contributed by atoms with Crippen molar-refractivity contribution < 1.29 is 19.1 Å². The van der Waals surface area contributed by atoms with E-state index in [0.29, 0.717) is 31.0 Å². The maximum Gasteiger partial charge on any atom is 0.294 e. The Morgan fingerprint density at radius 3 is 2.50 bits per heavy atom. The van der Waals surface area contributed by atoms with Gasteiger partial charge in [-0.15, -0.1) is 0 Å². The number of aryl methyl sites for hydroxylation is 1. The Bertz CT molecular complexity index is 1180. The summed E-state index contributed by atoms with van der Waals surface area (Å²) in [6, 6.07) is 22.8. The minimum Gasteiger partial charge on any atom is -0.449 e. The van der Waals surface area contributed by atoms with Crippen LogP contribution in [0.25, 0.3) is 6.08 Å². The van der Waals surface area contributed by atoms with Gasteiger partial charge in [0.05, 0.1) is 12.2 Å². The standard InChI is InChI=1S/C28H28N2O4/c1-20-8-10-22(11-9-20)19-30-24-6-3-4-7-25(24)34-26(28(30)32)18-21-12-14-23(15-13-21)27(31)29-16-5-17-33-2/h3-4,6-15,18H,5,16-17,19H2,1-2H3,(H,29,31)/b26-18+. The van der Waals surface area contributed by atoms with Crippen LogP contribution in [0.2, 0.25) is 0 Å². The van der Waals surface area contributed by atoms with Gasteiger partial charge in [-0.1, -0.05) is 54.1 Å². The average Bonchev–Trinajstić information content (AvgIpc) is 2.86. The van der Waals surface area contributed by atoms with Gasteiger partial charge in [-0.25, -0.2) is 0 Å². The number of nitrogens with one attached hydrogen (secondary N) is 1. The van der Waals surface area contributed by atoms with E-state index in [1.54, 1.807) is 42.4 Å². The summed E-state index contributed by atoms with van der Waals surface area (Å²) in [5, 5.41) is 2.87. The summed E-state index contributed by atoms with van der Waals surface area (Å²) in [5.74, 6) is 0.521. The molecule has 0 radical (unpaired) electrons. The number of methoxy groups -OCH3 is 1. The number of anilines is 1. The van der Waals surface area contributed by atoms with Crippen LogP contribution >= 0.6 is 0 Å². The van der Waals surface area contributed by atoms with Crippen LogP contribution in [-0.4, -0.2) is 32.1 Å². The molecule has 1 N–H and O–H groups in total. The monoisotopic (exact) mass is 456 g/mol. The predicted octanol–water partition coefficient (Wildman–Crippen LogP) is 4.73. The van der Waals surface area contributed by atoms with E-state index in [1.165, 1.54) is 5.56 Å². The van der Waals surface area contributed by atoms with E-state index in [4.69, 9.17) is 9.47 Å². The molecule has 0 saturated heterocycles. The first kappa shape index (κ1) is 23.3. The molecule has 6 nitrogen and oxygen atoms in total. The maximum atomic E-state index is 13.4. The molecule has 1 heterocycles. The number of carbonyl (C=O) groups is 2. The summed E-state index contributed by atoms with van der Waals surface area (Å²) in [6.07, 6.45) is 2.47. The van der Waals surface area contributed by atoms with Crippen molar-refractivity contribution in [3.8, 4) is 5.75 Å². The molecule has 0 unspecified atom stereocenters. The van der Waals surface area contributed by atoms with Crippen molar-refractivity contribution in [1.82, 2.24) is 5.32 Å². The summed E-state index contributed by atoms with van der Waals surface area (Å²) in [6.45, 7) is 3.64. The first-order valence-corrected chi connectivity index (χ1v) is 11.3. The van der Waals surface area contributed by atoms with Gasteiger partial charge in [-0.2, -0.15) is 0 Å². The molecule has 1 aliphatic heterocycles. The molecule has 3 aromatic carbocycles. The molecule has 3 aromatic rings. The van der Waals surface area contributed by atoms with Crippen LogP contribution in [0.4, 0.5) is 5.69 Å². The minimum absolute atomic E-state index is 0.140. The number of hydrogen-bond donors (Lipinski definition) is 1. The highest BCUT2D eigenvalue weighted by atomic mass is 16.5. The SMILES string of the molecule is COCCCNC(=O)c1ccc(/C=C2/Oc3ccccc3N(Cc3ccc(C)cc3)C2=O)cc1. The topological polar surface area (TPSA) is 67.9 Å². The number of carbonyl (C=O) groups excluding carboxylic acids is 2. The molecule has 0 bridgehead atoms. The summed E-state index contributed by atoms with van der Waals surface area (Å²) >= 11 is 0. The second kappa shape index (κ2) is 10.8. The van der Waals surface area contributed by atoms with Gasteiger partial charge in [0.15, 0.2) is 11.5 Å². The van der Waals surface area contributed by atoms with Crippen LogP contribution in [0, 0.1) is 6.92 Å². The number of benzene rings is 3. The maximum absolute atomic E-state index is 13.4. The lowest BCUT2D eigenvalue weighted by Gasteiger charge is -2.30. The van der Waals surface area contributed by atoms with Gasteiger partial charge in [0, 0.05) is 25.8 Å². The molecule has 0 atom stereocenters. The molecule has 0 fully saturated rings. The fraction of sp³-hybridized carbons (Fsp3) is 0.214. The van der Waals surface area contributed by atoms with Crippen LogP contribution in [0.5, 0.6) is 5.75 Å². The largest absolute Gasteiger partial charge is 0.449 e. The Morgan fingerprint density at radius 1 is 1.03 bits per heavy atom. The van der Waals surface area contributed by atoms with E-state index in [-0.39, 0.29) is 17.6 Å². The van der Waals surface area contributed by atoms with Gasteiger partial charge in [0.2, 0.25) is 0 Å². The average molecular weight is 457 g/mol. The molecule has 0 saturated carbocycles. The molecule has 6 heteroatoms. The normalized spacial score (nSPS) is 14.0. The minimum atomic E-state index is -0.209. The summed E-state index contributed by atoms with van der Waals surface area (Å²) in [4.78, 5) is 27.4. The summed E-state index contributed by atoms with van der Waals surface area (Å²) in [5.41, 5.74) is 4.28. The Labute approximate surface area is 199 Å². The number of hydrogen-bond acceptors (Lipinski definition) is 4. The van der Waals surface area contributed by atoms with Crippen molar-refractivity contribution in [3.63, 3.8) is 0 Å². The van der Waals surface area contributed by atoms with E-state index < -0.39 is 0 Å². The zero-order chi connectivity index (χ0) is 23.9. The summed E-state index contributed by atoms with van der Waals surface area (Å²) < 4.78 is 11.0. The van der Waals surface area contributed by atoms with E-state index in [9.17, 15) is 9.59 Å². The Hall–Kier alpha value is -3.90. The van der Waals surface area contributed by atoms with Gasteiger partial charge >= 0.3 is 0 Å². The van der Waals surface area contributed by atoms with E-state index in [1.807, 2.05) is 55.5 Å². The Balaban J connectivity index is 1.53. The molecule has 0 spiro atoms. The molecular weight excluding hydrogens is 428 g/mol. The van der Waals surface area contributed by atoms with Crippen LogP contribution in [0.15, 0.2) is 78.6 Å². The van der Waals surface area contributed by atoms with Crippen LogP contribution in [0.1, 0.15) is 33.5 Å². The Kier molecular flexibility index (Phi) is 7.40. The lowest BCUT2D eigenvalue weighted by molar-refractivity contribution is -0.117. The Morgan fingerprint density at radius 2 is 1.76 bits per heavy atom. The molecule has 174 valence electrons. The van der Waals surface area contributed by atoms with Crippen LogP contribution in [-0.2, 0) is 16.1 Å². The van der Waals surface area contributed by atoms with Gasteiger partial charge in [-0.05, 0) is 54.8 Å². The zero-order valence-electron chi connectivity index (χ0n) is 19.4. The quantitative estimate of drug-likeness (QED) is 0.393. The van der Waals surface area contributed by atoms with Crippen LogP contribution in [0.3, 0.4) is 0 Å². The van der Waals surface area contributed by atoms with Crippen molar-refractivity contribution in [3.05, 3.63) is 101 Å². The lowest BCUT2D eigenvalue weighted by atomic mass is 10.1.